The van der Waals surface area contributed by atoms with E-state index in [-0.39, 0.29) is 0 Å². The summed E-state index contributed by atoms with van der Waals surface area (Å²) < 4.78 is 0. The summed E-state index contributed by atoms with van der Waals surface area (Å²) >= 11 is 0. The number of anilines is 1. The lowest BCUT2D eigenvalue weighted by molar-refractivity contribution is 0.380. The van der Waals surface area contributed by atoms with Crippen molar-refractivity contribution in [1.82, 2.24) is 15.3 Å². The highest BCUT2D eigenvalue weighted by atomic mass is 15.2. The topological polar surface area (TPSA) is 41.1 Å². The van der Waals surface area contributed by atoms with Gasteiger partial charge < -0.3 is 10.2 Å². The van der Waals surface area contributed by atoms with Crippen molar-refractivity contribution >= 4 is 5.82 Å². The molecule has 0 unspecified atom stereocenters. The maximum atomic E-state index is 4.46. The maximum absolute atomic E-state index is 4.46. The summed E-state index contributed by atoms with van der Waals surface area (Å²) in [6, 6.07) is 0.838. The predicted molar refractivity (Wildman–Crippen MR) is 72.7 cm³/mol. The van der Waals surface area contributed by atoms with E-state index < -0.39 is 0 Å². The largest absolute Gasteiger partial charge is 0.355 e. The Labute approximate surface area is 109 Å². The molecule has 0 atom stereocenters. The molecular weight excluding hydrogens is 224 g/mol. The normalized spacial score (nSPS) is 21.3. The number of rotatable bonds is 4. The summed E-state index contributed by atoms with van der Waals surface area (Å²) in [5.41, 5.74) is 1.05. The second-order valence-corrected chi connectivity index (χ2v) is 5.58. The van der Waals surface area contributed by atoms with Crippen LogP contribution >= 0.6 is 0 Å². The molecule has 0 bridgehead atoms. The van der Waals surface area contributed by atoms with Gasteiger partial charge in [-0.25, -0.2) is 4.98 Å². The standard InChI is InChI=1S/C14H22N4/c1-11-14(16-7-6-15-11)18-8-4-12(5-9-18)10-17-13-2-3-13/h6-7,12-13,17H,2-5,8-10H2,1H3. The second kappa shape index (κ2) is 5.22. The molecule has 4 nitrogen and oxygen atoms in total. The molecule has 18 heavy (non-hydrogen) atoms. The van der Waals surface area contributed by atoms with E-state index in [1.807, 2.05) is 6.92 Å². The van der Waals surface area contributed by atoms with Gasteiger partial charge in [-0.1, -0.05) is 0 Å². The van der Waals surface area contributed by atoms with E-state index in [9.17, 15) is 0 Å². The summed E-state index contributed by atoms with van der Waals surface area (Å²) in [4.78, 5) is 11.2. The van der Waals surface area contributed by atoms with Gasteiger partial charge in [-0.15, -0.1) is 0 Å². The smallest absolute Gasteiger partial charge is 0.150 e. The van der Waals surface area contributed by atoms with E-state index in [4.69, 9.17) is 0 Å². The van der Waals surface area contributed by atoms with Gasteiger partial charge in [-0.2, -0.15) is 0 Å². The minimum Gasteiger partial charge on any atom is -0.355 e. The quantitative estimate of drug-likeness (QED) is 0.879. The fourth-order valence-electron chi connectivity index (χ4n) is 2.68. The lowest BCUT2D eigenvalue weighted by Crippen LogP contribution is -2.38. The van der Waals surface area contributed by atoms with Gasteiger partial charge in [0.25, 0.3) is 0 Å². The number of hydrogen-bond donors (Lipinski definition) is 1. The van der Waals surface area contributed by atoms with Crippen LogP contribution in [0.2, 0.25) is 0 Å². The Morgan fingerprint density at radius 2 is 1.89 bits per heavy atom. The molecule has 4 heteroatoms. The van der Waals surface area contributed by atoms with E-state index in [0.717, 1.165) is 36.6 Å². The van der Waals surface area contributed by atoms with Crippen LogP contribution in [0, 0.1) is 12.8 Å². The minimum absolute atomic E-state index is 0.838. The van der Waals surface area contributed by atoms with Gasteiger partial charge in [0.1, 0.15) is 5.82 Å². The van der Waals surface area contributed by atoms with Crippen LogP contribution in [0.25, 0.3) is 0 Å². The van der Waals surface area contributed by atoms with Gasteiger partial charge in [-0.3, -0.25) is 4.98 Å². The molecular formula is C14H22N4. The number of nitrogens with zero attached hydrogens (tertiary/aromatic N) is 3. The Kier molecular flexibility index (Phi) is 3.46. The Bertz CT molecular complexity index is 395. The summed E-state index contributed by atoms with van der Waals surface area (Å²) in [7, 11) is 0. The van der Waals surface area contributed by atoms with Crippen LogP contribution in [-0.2, 0) is 0 Å². The summed E-state index contributed by atoms with van der Waals surface area (Å²) in [5.74, 6) is 1.92. The first-order valence-electron chi connectivity index (χ1n) is 7.09. The number of nitrogens with one attached hydrogen (secondary N) is 1. The third kappa shape index (κ3) is 2.80. The van der Waals surface area contributed by atoms with E-state index in [0.29, 0.717) is 0 Å². The molecule has 0 radical (unpaired) electrons. The Morgan fingerprint density at radius 3 is 2.56 bits per heavy atom. The van der Waals surface area contributed by atoms with E-state index >= 15 is 0 Å². The molecule has 2 fully saturated rings. The van der Waals surface area contributed by atoms with Crippen molar-refractivity contribution in [2.24, 2.45) is 5.92 Å². The SMILES string of the molecule is Cc1nccnc1N1CCC(CNC2CC2)CC1. The van der Waals surface area contributed by atoms with Crippen LogP contribution in [0.5, 0.6) is 0 Å². The minimum atomic E-state index is 0.838. The third-order valence-corrected chi connectivity index (χ3v) is 4.04. The van der Waals surface area contributed by atoms with Gasteiger partial charge in [-0.05, 0) is 45.1 Å². The monoisotopic (exact) mass is 246 g/mol. The molecule has 0 amide bonds. The van der Waals surface area contributed by atoms with Gasteiger partial charge in [0, 0.05) is 31.5 Å². The summed E-state index contributed by atoms with van der Waals surface area (Å²) in [5, 5.41) is 3.65. The van der Waals surface area contributed by atoms with Crippen molar-refractivity contribution in [2.75, 3.05) is 24.5 Å². The van der Waals surface area contributed by atoms with Gasteiger partial charge in [0.15, 0.2) is 0 Å². The number of aromatic nitrogens is 2. The molecule has 0 spiro atoms. The van der Waals surface area contributed by atoms with Crippen LogP contribution < -0.4 is 10.2 Å². The zero-order valence-electron chi connectivity index (χ0n) is 11.1. The molecule has 2 aliphatic rings. The third-order valence-electron chi connectivity index (χ3n) is 4.04. The molecule has 2 heterocycles. The van der Waals surface area contributed by atoms with Crippen molar-refractivity contribution in [3.63, 3.8) is 0 Å². The van der Waals surface area contributed by atoms with Gasteiger partial charge in [0.05, 0.1) is 5.69 Å². The molecule has 98 valence electrons. The Morgan fingerprint density at radius 1 is 1.17 bits per heavy atom. The van der Waals surface area contributed by atoms with E-state index in [1.165, 1.54) is 32.2 Å². The highest BCUT2D eigenvalue weighted by Gasteiger charge is 2.25. The predicted octanol–water partition coefficient (Wildman–Crippen LogP) is 1.75. The molecule has 0 aromatic carbocycles. The molecule has 1 N–H and O–H groups in total. The van der Waals surface area contributed by atoms with Crippen LogP contribution in [0.3, 0.4) is 0 Å². The first-order valence-corrected chi connectivity index (χ1v) is 7.09. The van der Waals surface area contributed by atoms with Crippen LogP contribution in [0.1, 0.15) is 31.4 Å². The lowest BCUT2D eigenvalue weighted by Gasteiger charge is -2.33. The molecule has 1 aliphatic carbocycles. The van der Waals surface area contributed by atoms with Crippen LogP contribution in [0.15, 0.2) is 12.4 Å². The first kappa shape index (κ1) is 11.9. The molecule has 1 aliphatic heterocycles. The van der Waals surface area contributed by atoms with E-state index in [1.54, 1.807) is 12.4 Å². The lowest BCUT2D eigenvalue weighted by atomic mass is 9.96. The zero-order valence-corrected chi connectivity index (χ0v) is 11.1. The number of piperidine rings is 1. The fourth-order valence-corrected chi connectivity index (χ4v) is 2.68. The zero-order chi connectivity index (χ0) is 12.4. The number of aryl methyl sites for hydroxylation is 1. The van der Waals surface area contributed by atoms with Crippen molar-refractivity contribution in [3.8, 4) is 0 Å². The highest BCUT2D eigenvalue weighted by Crippen LogP contribution is 2.24. The second-order valence-electron chi connectivity index (χ2n) is 5.58. The van der Waals surface area contributed by atoms with Crippen molar-refractivity contribution in [1.29, 1.82) is 0 Å². The van der Waals surface area contributed by atoms with Gasteiger partial charge in [0.2, 0.25) is 0 Å². The molecule has 1 saturated carbocycles. The molecule has 1 aromatic heterocycles. The fraction of sp³-hybridized carbons (Fsp3) is 0.714. The van der Waals surface area contributed by atoms with Crippen LogP contribution in [0.4, 0.5) is 5.82 Å². The maximum Gasteiger partial charge on any atom is 0.150 e. The summed E-state index contributed by atoms with van der Waals surface area (Å²) in [6.07, 6.45) is 8.88. The highest BCUT2D eigenvalue weighted by molar-refractivity contribution is 5.42. The van der Waals surface area contributed by atoms with E-state index in [2.05, 4.69) is 20.2 Å². The van der Waals surface area contributed by atoms with Gasteiger partial charge >= 0.3 is 0 Å². The van der Waals surface area contributed by atoms with Crippen molar-refractivity contribution < 1.29 is 0 Å². The van der Waals surface area contributed by atoms with Crippen LogP contribution in [-0.4, -0.2) is 35.6 Å². The number of hydrogen-bond acceptors (Lipinski definition) is 4. The Hall–Kier alpha value is -1.16. The molecule has 1 aromatic rings. The van der Waals surface area contributed by atoms with Crippen molar-refractivity contribution in [3.05, 3.63) is 18.1 Å². The average Bonchev–Trinajstić information content (AvgIpc) is 3.22. The molecule has 1 saturated heterocycles. The Balaban J connectivity index is 1.51. The summed E-state index contributed by atoms with van der Waals surface area (Å²) in [6.45, 7) is 5.49. The van der Waals surface area contributed by atoms with Crippen molar-refractivity contribution in [2.45, 2.75) is 38.6 Å². The first-order chi connectivity index (χ1) is 8.83. The molecule has 3 rings (SSSR count). The average molecular weight is 246 g/mol.